The van der Waals surface area contributed by atoms with Crippen molar-refractivity contribution in [2.24, 2.45) is 0 Å². The second-order valence-corrected chi connectivity index (χ2v) is 16.5. The molecule has 0 unspecified atom stereocenters. The van der Waals surface area contributed by atoms with Crippen LogP contribution in [0.25, 0.3) is 95.3 Å². The highest BCUT2D eigenvalue weighted by Gasteiger charge is 2.20. The van der Waals surface area contributed by atoms with Crippen LogP contribution in [0.4, 0.5) is 17.1 Å². The number of thiophene rings is 2. The molecule has 0 spiro atoms. The quantitative estimate of drug-likeness (QED) is 0.174. The summed E-state index contributed by atoms with van der Waals surface area (Å²) in [6.07, 6.45) is 0. The smallest absolute Gasteiger partial charge is 0.143 e. The van der Waals surface area contributed by atoms with E-state index in [1.165, 1.54) is 62.5 Å². The van der Waals surface area contributed by atoms with Crippen molar-refractivity contribution in [3.8, 4) is 22.3 Å². The summed E-state index contributed by atoms with van der Waals surface area (Å²) < 4.78 is 12.0. The molecule has 0 atom stereocenters. The zero-order valence-corrected chi connectivity index (χ0v) is 31.7. The topological polar surface area (TPSA) is 16.4 Å². The molecule has 262 valence electrons. The molecule has 0 N–H and O–H groups in total. The Bertz CT molecular complexity index is 3480. The fraction of sp³-hybridized carbons (Fsp3) is 0. The number of hydrogen-bond acceptors (Lipinski definition) is 4. The zero-order chi connectivity index (χ0) is 36.7. The molecule has 3 heterocycles. The van der Waals surface area contributed by atoms with Gasteiger partial charge in [-0.2, -0.15) is 0 Å². The van der Waals surface area contributed by atoms with Gasteiger partial charge in [0.05, 0.1) is 5.69 Å². The van der Waals surface area contributed by atoms with Gasteiger partial charge in [0.2, 0.25) is 0 Å². The van der Waals surface area contributed by atoms with Crippen molar-refractivity contribution in [3.05, 3.63) is 188 Å². The Morgan fingerprint density at radius 3 is 1.71 bits per heavy atom. The average Bonchev–Trinajstić information content (AvgIpc) is 3.96. The van der Waals surface area contributed by atoms with Crippen LogP contribution < -0.4 is 4.90 Å². The summed E-state index contributed by atoms with van der Waals surface area (Å²) in [6, 6.07) is 68.3. The van der Waals surface area contributed by atoms with Crippen molar-refractivity contribution in [3.63, 3.8) is 0 Å². The van der Waals surface area contributed by atoms with Crippen LogP contribution in [0.15, 0.2) is 192 Å². The summed E-state index contributed by atoms with van der Waals surface area (Å²) in [7, 11) is 0. The molecule has 0 saturated heterocycles. The first-order valence-corrected chi connectivity index (χ1v) is 20.5. The van der Waals surface area contributed by atoms with Gasteiger partial charge in [-0.25, -0.2) is 0 Å². The summed E-state index contributed by atoms with van der Waals surface area (Å²) in [5, 5.41) is 9.79. The van der Waals surface area contributed by atoms with E-state index in [0.717, 1.165) is 49.8 Å². The van der Waals surface area contributed by atoms with Crippen LogP contribution in [0.5, 0.6) is 0 Å². The van der Waals surface area contributed by atoms with Gasteiger partial charge in [0.1, 0.15) is 11.2 Å². The molecule has 3 aromatic heterocycles. The van der Waals surface area contributed by atoms with Gasteiger partial charge in [-0.3, -0.25) is 0 Å². The Kier molecular flexibility index (Phi) is 7.00. The van der Waals surface area contributed by atoms with Crippen molar-refractivity contribution in [1.82, 2.24) is 0 Å². The fourth-order valence-electron chi connectivity index (χ4n) is 8.68. The standard InChI is InChI=1S/C52H31NOS2/c1-2-11-37-32(10-1)26-31-42-41-16-7-14-38(50(41)54-51(37)42)33-22-27-35(28-23-33)53(45-18-9-21-48-49(45)44-13-4-6-20-47(44)55-48)36-29-24-34(25-30-36)39-15-8-17-43-40-12-3-5-19-46(40)56-52(39)43/h1-31H. The van der Waals surface area contributed by atoms with E-state index in [2.05, 4.69) is 193 Å². The van der Waals surface area contributed by atoms with E-state index in [1.807, 2.05) is 22.7 Å². The van der Waals surface area contributed by atoms with Crippen LogP contribution in [-0.4, -0.2) is 0 Å². The normalized spacial score (nSPS) is 11.9. The van der Waals surface area contributed by atoms with Gasteiger partial charge in [0, 0.05) is 73.4 Å². The first-order valence-electron chi connectivity index (χ1n) is 18.9. The highest BCUT2D eigenvalue weighted by atomic mass is 32.1. The summed E-state index contributed by atoms with van der Waals surface area (Å²) in [5.41, 5.74) is 9.92. The van der Waals surface area contributed by atoms with Crippen molar-refractivity contribution in [2.75, 3.05) is 4.90 Å². The zero-order valence-electron chi connectivity index (χ0n) is 30.1. The molecule has 4 heteroatoms. The van der Waals surface area contributed by atoms with Crippen LogP contribution in [0, 0.1) is 0 Å². The molecule has 12 aromatic rings. The summed E-state index contributed by atoms with van der Waals surface area (Å²) in [6.45, 7) is 0. The molecular formula is C52H31NOS2. The van der Waals surface area contributed by atoms with E-state index < -0.39 is 0 Å². The highest BCUT2D eigenvalue weighted by Crippen LogP contribution is 2.47. The van der Waals surface area contributed by atoms with Crippen LogP contribution in [-0.2, 0) is 0 Å². The Morgan fingerprint density at radius 2 is 0.929 bits per heavy atom. The molecule has 0 radical (unpaired) electrons. The van der Waals surface area contributed by atoms with E-state index in [1.54, 1.807) is 0 Å². The minimum absolute atomic E-state index is 0.919. The molecular weight excluding hydrogens is 719 g/mol. The van der Waals surface area contributed by atoms with Gasteiger partial charge >= 0.3 is 0 Å². The van der Waals surface area contributed by atoms with Gasteiger partial charge in [-0.05, 0) is 76.7 Å². The largest absolute Gasteiger partial charge is 0.455 e. The van der Waals surface area contributed by atoms with Gasteiger partial charge in [-0.1, -0.05) is 133 Å². The van der Waals surface area contributed by atoms with Crippen LogP contribution in [0.1, 0.15) is 0 Å². The lowest BCUT2D eigenvalue weighted by Crippen LogP contribution is -2.10. The number of anilines is 3. The SMILES string of the molecule is c1ccc2c(c1)ccc1c3cccc(-c4ccc(N(c5ccc(-c6cccc7c6sc6ccccc67)cc5)c5cccc6sc7ccccc7c56)cc4)c3oc21. The number of hydrogen-bond donors (Lipinski definition) is 0. The maximum absolute atomic E-state index is 6.73. The van der Waals surface area contributed by atoms with Crippen LogP contribution >= 0.6 is 22.7 Å². The first kappa shape index (κ1) is 31.6. The molecule has 0 amide bonds. The predicted octanol–water partition coefficient (Wildman–Crippen LogP) is 16.3. The number of fused-ring (bicyclic) bond motifs is 11. The Balaban J connectivity index is 1.01. The number of para-hydroxylation sites is 1. The van der Waals surface area contributed by atoms with Gasteiger partial charge in [0.15, 0.2) is 0 Å². The molecule has 56 heavy (non-hydrogen) atoms. The van der Waals surface area contributed by atoms with E-state index >= 15 is 0 Å². The predicted molar refractivity (Wildman–Crippen MR) is 243 cm³/mol. The minimum Gasteiger partial charge on any atom is -0.455 e. The van der Waals surface area contributed by atoms with E-state index in [-0.39, 0.29) is 0 Å². The lowest BCUT2D eigenvalue weighted by atomic mass is 10.00. The van der Waals surface area contributed by atoms with Gasteiger partial charge < -0.3 is 9.32 Å². The third-order valence-electron chi connectivity index (χ3n) is 11.3. The average molecular weight is 750 g/mol. The third-order valence-corrected chi connectivity index (χ3v) is 13.6. The molecule has 12 rings (SSSR count). The number of rotatable bonds is 5. The van der Waals surface area contributed by atoms with Crippen LogP contribution in [0.3, 0.4) is 0 Å². The molecule has 0 fully saturated rings. The van der Waals surface area contributed by atoms with Crippen molar-refractivity contribution in [1.29, 1.82) is 0 Å². The molecule has 2 nitrogen and oxygen atoms in total. The van der Waals surface area contributed by atoms with Crippen LogP contribution in [0.2, 0.25) is 0 Å². The fourth-order valence-corrected chi connectivity index (χ4v) is 11.0. The Hall–Kier alpha value is -6.72. The monoisotopic (exact) mass is 749 g/mol. The summed E-state index contributed by atoms with van der Waals surface area (Å²) >= 11 is 3.73. The van der Waals surface area contributed by atoms with Crippen molar-refractivity contribution >= 4 is 113 Å². The second kappa shape index (κ2) is 12.4. The first-order chi connectivity index (χ1) is 27.8. The number of benzene rings is 9. The minimum atomic E-state index is 0.919. The molecule has 0 saturated carbocycles. The Labute approximate surface area is 330 Å². The van der Waals surface area contributed by atoms with Crippen molar-refractivity contribution in [2.45, 2.75) is 0 Å². The highest BCUT2D eigenvalue weighted by molar-refractivity contribution is 7.26. The Morgan fingerprint density at radius 1 is 0.357 bits per heavy atom. The number of furan rings is 1. The maximum atomic E-state index is 6.73. The molecule has 0 aliphatic carbocycles. The van der Waals surface area contributed by atoms with Gasteiger partial charge in [0.25, 0.3) is 0 Å². The third kappa shape index (κ3) is 4.80. The second-order valence-electron chi connectivity index (χ2n) is 14.4. The van der Waals surface area contributed by atoms with E-state index in [9.17, 15) is 0 Å². The lowest BCUT2D eigenvalue weighted by Gasteiger charge is -2.27. The molecule has 0 aliphatic heterocycles. The summed E-state index contributed by atoms with van der Waals surface area (Å²) in [4.78, 5) is 2.42. The molecule has 9 aromatic carbocycles. The van der Waals surface area contributed by atoms with Crippen molar-refractivity contribution < 1.29 is 4.42 Å². The van der Waals surface area contributed by atoms with E-state index in [0.29, 0.717) is 0 Å². The molecule has 0 aliphatic rings. The number of nitrogens with zero attached hydrogens (tertiary/aromatic N) is 1. The summed E-state index contributed by atoms with van der Waals surface area (Å²) in [5.74, 6) is 0. The molecule has 0 bridgehead atoms. The maximum Gasteiger partial charge on any atom is 0.143 e. The lowest BCUT2D eigenvalue weighted by molar-refractivity contribution is 0.674. The van der Waals surface area contributed by atoms with Gasteiger partial charge in [-0.15, -0.1) is 22.7 Å². The van der Waals surface area contributed by atoms with E-state index in [4.69, 9.17) is 4.42 Å².